The Labute approximate surface area is 129 Å². The van der Waals surface area contributed by atoms with Crippen molar-refractivity contribution in [3.63, 3.8) is 0 Å². The molecule has 1 saturated heterocycles. The Kier molecular flexibility index (Phi) is 4.90. The SMILES string of the molecule is COc1ccc([C@@H]2CCN(C(=O)O)C(C)C[C@@H]2C(=O)O)cc1. The number of methoxy groups -OCH3 is 1. The van der Waals surface area contributed by atoms with Crippen molar-refractivity contribution < 1.29 is 24.5 Å². The van der Waals surface area contributed by atoms with E-state index in [4.69, 9.17) is 4.74 Å². The fraction of sp³-hybridized carbons (Fsp3) is 0.500. The molecule has 0 spiro atoms. The zero-order chi connectivity index (χ0) is 16.3. The van der Waals surface area contributed by atoms with Crippen molar-refractivity contribution >= 4 is 12.1 Å². The van der Waals surface area contributed by atoms with Crippen molar-refractivity contribution in [1.82, 2.24) is 4.90 Å². The summed E-state index contributed by atoms with van der Waals surface area (Å²) in [5.41, 5.74) is 0.910. The average molecular weight is 307 g/mol. The molecular formula is C16H21NO5. The predicted molar refractivity (Wildman–Crippen MR) is 80.3 cm³/mol. The van der Waals surface area contributed by atoms with Crippen LogP contribution in [0.3, 0.4) is 0 Å². The van der Waals surface area contributed by atoms with Gasteiger partial charge in [0.1, 0.15) is 5.75 Å². The van der Waals surface area contributed by atoms with Gasteiger partial charge in [0.15, 0.2) is 0 Å². The molecule has 2 N–H and O–H groups in total. The van der Waals surface area contributed by atoms with Gasteiger partial charge in [0, 0.05) is 12.6 Å². The van der Waals surface area contributed by atoms with Crippen molar-refractivity contribution in [1.29, 1.82) is 0 Å². The Balaban J connectivity index is 2.29. The molecule has 1 amide bonds. The fourth-order valence-electron chi connectivity index (χ4n) is 3.17. The summed E-state index contributed by atoms with van der Waals surface area (Å²) >= 11 is 0. The Morgan fingerprint density at radius 1 is 1.23 bits per heavy atom. The van der Waals surface area contributed by atoms with E-state index in [-0.39, 0.29) is 12.0 Å². The zero-order valence-electron chi connectivity index (χ0n) is 12.7. The van der Waals surface area contributed by atoms with Crippen LogP contribution in [0.25, 0.3) is 0 Å². The van der Waals surface area contributed by atoms with Gasteiger partial charge in [0.05, 0.1) is 13.0 Å². The number of ether oxygens (including phenoxy) is 1. The smallest absolute Gasteiger partial charge is 0.407 e. The third kappa shape index (κ3) is 3.32. The van der Waals surface area contributed by atoms with Crippen LogP contribution >= 0.6 is 0 Å². The molecule has 3 atom stereocenters. The molecule has 120 valence electrons. The van der Waals surface area contributed by atoms with Crippen molar-refractivity contribution in [3.05, 3.63) is 29.8 Å². The second-order valence-corrected chi connectivity index (χ2v) is 5.67. The van der Waals surface area contributed by atoms with Crippen LogP contribution in [0.1, 0.15) is 31.2 Å². The van der Waals surface area contributed by atoms with Crippen molar-refractivity contribution in [3.8, 4) is 5.75 Å². The number of amides is 1. The van der Waals surface area contributed by atoms with E-state index in [0.29, 0.717) is 25.1 Å². The standard InChI is InChI=1S/C16H21NO5/c1-10-9-14(15(18)19)13(7-8-17(10)16(20)21)11-3-5-12(22-2)6-4-11/h3-6,10,13-14H,7-9H2,1-2H3,(H,18,19)(H,20,21)/t10?,13-,14-/m0/s1. The van der Waals surface area contributed by atoms with E-state index in [1.54, 1.807) is 26.2 Å². The molecule has 0 aliphatic carbocycles. The lowest BCUT2D eigenvalue weighted by atomic mass is 9.81. The second kappa shape index (κ2) is 6.68. The molecule has 0 radical (unpaired) electrons. The molecule has 1 aliphatic rings. The van der Waals surface area contributed by atoms with Crippen LogP contribution in [0.15, 0.2) is 24.3 Å². The minimum atomic E-state index is -0.994. The van der Waals surface area contributed by atoms with E-state index < -0.39 is 18.0 Å². The summed E-state index contributed by atoms with van der Waals surface area (Å²) in [6, 6.07) is 7.03. The number of hydrogen-bond acceptors (Lipinski definition) is 3. The molecular weight excluding hydrogens is 286 g/mol. The highest BCUT2D eigenvalue weighted by Gasteiger charge is 2.37. The molecule has 1 heterocycles. The highest BCUT2D eigenvalue weighted by molar-refractivity contribution is 5.72. The molecule has 0 aromatic heterocycles. The third-order valence-corrected chi connectivity index (χ3v) is 4.40. The molecule has 1 aromatic rings. The quantitative estimate of drug-likeness (QED) is 0.896. The minimum Gasteiger partial charge on any atom is -0.497 e. The lowest BCUT2D eigenvalue weighted by Crippen LogP contribution is -2.37. The number of carbonyl (C=O) groups is 2. The van der Waals surface area contributed by atoms with Crippen molar-refractivity contribution in [2.45, 2.75) is 31.7 Å². The van der Waals surface area contributed by atoms with Gasteiger partial charge in [-0.25, -0.2) is 4.79 Å². The van der Waals surface area contributed by atoms with Crippen LogP contribution in [0, 0.1) is 5.92 Å². The van der Waals surface area contributed by atoms with Crippen LogP contribution in [0.2, 0.25) is 0 Å². The number of rotatable bonds is 3. The first-order chi connectivity index (χ1) is 10.4. The number of carboxylic acids is 1. The highest BCUT2D eigenvalue weighted by Crippen LogP contribution is 2.36. The van der Waals surface area contributed by atoms with E-state index in [1.807, 2.05) is 12.1 Å². The van der Waals surface area contributed by atoms with Crippen LogP contribution in [-0.2, 0) is 4.79 Å². The number of nitrogens with zero attached hydrogens (tertiary/aromatic N) is 1. The van der Waals surface area contributed by atoms with Gasteiger partial charge in [-0.1, -0.05) is 12.1 Å². The highest BCUT2D eigenvalue weighted by atomic mass is 16.5. The lowest BCUT2D eigenvalue weighted by molar-refractivity contribution is -0.143. The van der Waals surface area contributed by atoms with Crippen LogP contribution in [-0.4, -0.2) is 46.9 Å². The molecule has 1 aliphatic heterocycles. The lowest BCUT2D eigenvalue weighted by Gasteiger charge is -2.24. The van der Waals surface area contributed by atoms with Gasteiger partial charge in [0.25, 0.3) is 0 Å². The van der Waals surface area contributed by atoms with Crippen molar-refractivity contribution in [2.24, 2.45) is 5.92 Å². The third-order valence-electron chi connectivity index (χ3n) is 4.40. The first-order valence-electron chi connectivity index (χ1n) is 7.30. The summed E-state index contributed by atoms with van der Waals surface area (Å²) in [6.07, 6.45) is -0.176. The van der Waals surface area contributed by atoms with E-state index in [0.717, 1.165) is 5.56 Å². The Morgan fingerprint density at radius 3 is 2.36 bits per heavy atom. The zero-order valence-corrected chi connectivity index (χ0v) is 12.7. The molecule has 22 heavy (non-hydrogen) atoms. The van der Waals surface area contributed by atoms with E-state index in [9.17, 15) is 19.8 Å². The van der Waals surface area contributed by atoms with Gasteiger partial charge in [0.2, 0.25) is 0 Å². The number of benzene rings is 1. The van der Waals surface area contributed by atoms with Gasteiger partial charge in [-0.15, -0.1) is 0 Å². The normalized spacial score (nSPS) is 25.4. The molecule has 6 heteroatoms. The Hall–Kier alpha value is -2.24. The molecule has 0 bridgehead atoms. The summed E-state index contributed by atoms with van der Waals surface area (Å²) < 4.78 is 5.12. The summed E-state index contributed by atoms with van der Waals surface area (Å²) in [5.74, 6) is -0.951. The molecule has 1 unspecified atom stereocenters. The van der Waals surface area contributed by atoms with Gasteiger partial charge < -0.3 is 19.8 Å². The maximum atomic E-state index is 11.6. The van der Waals surface area contributed by atoms with Gasteiger partial charge in [-0.2, -0.15) is 0 Å². The minimum absolute atomic E-state index is 0.199. The monoisotopic (exact) mass is 307 g/mol. The number of carboxylic acid groups (broad SMARTS) is 2. The predicted octanol–water partition coefficient (Wildman–Crippen LogP) is 2.64. The summed E-state index contributed by atoms with van der Waals surface area (Å²) in [4.78, 5) is 24.3. The molecule has 1 aromatic carbocycles. The first-order valence-corrected chi connectivity index (χ1v) is 7.30. The van der Waals surface area contributed by atoms with E-state index in [1.165, 1.54) is 4.90 Å². The Bertz CT molecular complexity index is 542. The maximum Gasteiger partial charge on any atom is 0.407 e. The second-order valence-electron chi connectivity index (χ2n) is 5.67. The van der Waals surface area contributed by atoms with Gasteiger partial charge >= 0.3 is 12.1 Å². The van der Waals surface area contributed by atoms with E-state index in [2.05, 4.69) is 0 Å². The fourth-order valence-corrected chi connectivity index (χ4v) is 3.17. The van der Waals surface area contributed by atoms with Gasteiger partial charge in [-0.05, 0) is 43.4 Å². The largest absolute Gasteiger partial charge is 0.497 e. The first kappa shape index (κ1) is 16.1. The number of aliphatic carboxylic acids is 1. The summed E-state index contributed by atoms with van der Waals surface area (Å²) in [6.45, 7) is 2.11. The number of likely N-dealkylation sites (tertiary alicyclic amines) is 1. The van der Waals surface area contributed by atoms with Crippen molar-refractivity contribution in [2.75, 3.05) is 13.7 Å². The average Bonchev–Trinajstić information content (AvgIpc) is 2.66. The maximum absolute atomic E-state index is 11.6. The van der Waals surface area contributed by atoms with Gasteiger partial charge in [-0.3, -0.25) is 4.79 Å². The van der Waals surface area contributed by atoms with Crippen LogP contribution in [0.5, 0.6) is 5.75 Å². The Morgan fingerprint density at radius 2 is 1.86 bits per heavy atom. The summed E-state index contributed by atoms with van der Waals surface area (Å²) in [5, 5.41) is 18.8. The molecule has 6 nitrogen and oxygen atoms in total. The van der Waals surface area contributed by atoms with E-state index >= 15 is 0 Å². The summed E-state index contributed by atoms with van der Waals surface area (Å²) in [7, 11) is 1.58. The molecule has 0 saturated carbocycles. The van der Waals surface area contributed by atoms with Crippen LogP contribution in [0.4, 0.5) is 4.79 Å². The van der Waals surface area contributed by atoms with Crippen LogP contribution < -0.4 is 4.74 Å². The number of hydrogen-bond donors (Lipinski definition) is 2. The topological polar surface area (TPSA) is 87.1 Å². The molecule has 1 fully saturated rings. The molecule has 2 rings (SSSR count).